The third-order valence-corrected chi connectivity index (χ3v) is 4.59. The number of anilines is 1. The minimum atomic E-state index is -3.86. The van der Waals surface area contributed by atoms with Crippen LogP contribution in [-0.2, 0) is 26.0 Å². The third-order valence-electron chi connectivity index (χ3n) is 3.60. The summed E-state index contributed by atoms with van der Waals surface area (Å²) in [5, 5.41) is 7.92. The molecule has 2 aromatic rings. The van der Waals surface area contributed by atoms with Gasteiger partial charge in [0.2, 0.25) is 10.0 Å². The van der Waals surface area contributed by atoms with Crippen molar-refractivity contribution in [3.8, 4) is 0 Å². The largest absolute Gasteiger partial charge is 0.367 e. The summed E-state index contributed by atoms with van der Waals surface area (Å²) < 4.78 is 28.7. The van der Waals surface area contributed by atoms with Crippen LogP contribution >= 0.6 is 0 Å². The average Bonchev–Trinajstić information content (AvgIpc) is 2.55. The van der Waals surface area contributed by atoms with E-state index in [4.69, 9.17) is 9.88 Å². The number of carbonyl (C=O) groups excluding carboxylic acids is 1. The van der Waals surface area contributed by atoms with E-state index in [1.807, 2.05) is 25.1 Å². The predicted molar refractivity (Wildman–Crippen MR) is 92.0 cm³/mol. The maximum atomic E-state index is 12.4. The number of benzene rings is 2. The number of nitrogens with two attached hydrogens (primary N) is 1. The fraction of sp³-hybridized carbons (Fsp3) is 0.235. The molecule has 1 amide bonds. The molecule has 0 heterocycles. The van der Waals surface area contributed by atoms with Crippen molar-refractivity contribution in [3.05, 3.63) is 59.7 Å². The maximum absolute atomic E-state index is 12.4. The molecule has 0 spiro atoms. The molecule has 0 aliphatic carbocycles. The summed E-state index contributed by atoms with van der Waals surface area (Å²) >= 11 is 0. The molecule has 0 aliphatic heterocycles. The van der Waals surface area contributed by atoms with Gasteiger partial charge in [-0.2, -0.15) is 0 Å². The lowest BCUT2D eigenvalue weighted by Gasteiger charge is -2.16. The number of carbonyl (C=O) groups is 1. The molecule has 6 nitrogen and oxygen atoms in total. The Morgan fingerprint density at radius 3 is 2.42 bits per heavy atom. The molecule has 7 heteroatoms. The molecule has 0 fully saturated rings. The first kappa shape index (κ1) is 18.1. The summed E-state index contributed by atoms with van der Waals surface area (Å²) in [6.45, 7) is 1.83. The highest BCUT2D eigenvalue weighted by Crippen LogP contribution is 2.23. The Labute approximate surface area is 141 Å². The lowest BCUT2D eigenvalue weighted by Crippen LogP contribution is -2.23. The van der Waals surface area contributed by atoms with Crippen LogP contribution in [0.3, 0.4) is 0 Å². The summed E-state index contributed by atoms with van der Waals surface area (Å²) in [5.41, 5.74) is 1.65. The molecule has 1 unspecified atom stereocenters. The van der Waals surface area contributed by atoms with Crippen molar-refractivity contribution < 1.29 is 17.9 Å². The first-order valence-electron chi connectivity index (χ1n) is 7.41. The van der Waals surface area contributed by atoms with Crippen LogP contribution in [0, 0.1) is 0 Å². The second-order valence-electron chi connectivity index (χ2n) is 5.24. The third kappa shape index (κ3) is 4.19. The van der Waals surface area contributed by atoms with E-state index in [0.29, 0.717) is 23.2 Å². The molecule has 128 valence electrons. The van der Waals surface area contributed by atoms with Gasteiger partial charge in [-0.15, -0.1) is 0 Å². The van der Waals surface area contributed by atoms with Crippen LogP contribution in [-0.4, -0.2) is 21.4 Å². The Balaban J connectivity index is 2.29. The first-order valence-corrected chi connectivity index (χ1v) is 8.95. The van der Waals surface area contributed by atoms with Gasteiger partial charge in [-0.25, -0.2) is 13.6 Å². The van der Waals surface area contributed by atoms with E-state index in [-0.39, 0.29) is 4.90 Å². The van der Waals surface area contributed by atoms with E-state index in [1.54, 1.807) is 24.3 Å². The first-order chi connectivity index (χ1) is 11.4. The summed E-state index contributed by atoms with van der Waals surface area (Å²) in [4.78, 5) is 12.5. The van der Waals surface area contributed by atoms with Gasteiger partial charge in [0.05, 0.1) is 4.90 Å². The van der Waals surface area contributed by atoms with Crippen molar-refractivity contribution in [1.82, 2.24) is 0 Å². The highest BCUT2D eigenvalue weighted by molar-refractivity contribution is 7.89. The van der Waals surface area contributed by atoms with Crippen LogP contribution in [0.1, 0.15) is 24.2 Å². The van der Waals surface area contributed by atoms with Gasteiger partial charge >= 0.3 is 0 Å². The maximum Gasteiger partial charge on any atom is 0.258 e. The quantitative estimate of drug-likeness (QED) is 0.836. The predicted octanol–water partition coefficient (Wildman–Crippen LogP) is 2.22. The van der Waals surface area contributed by atoms with Crippen molar-refractivity contribution in [3.63, 3.8) is 0 Å². The summed E-state index contributed by atoms with van der Waals surface area (Å²) in [6, 6.07) is 13.7. The van der Waals surface area contributed by atoms with Crippen LogP contribution in [0.2, 0.25) is 0 Å². The van der Waals surface area contributed by atoms with Gasteiger partial charge < -0.3 is 10.1 Å². The van der Waals surface area contributed by atoms with Gasteiger partial charge in [0.15, 0.2) is 6.10 Å². The van der Waals surface area contributed by atoms with Crippen molar-refractivity contribution in [2.24, 2.45) is 5.14 Å². The number of ether oxygens (including phenoxy) is 1. The van der Waals surface area contributed by atoms with E-state index >= 15 is 0 Å². The minimum Gasteiger partial charge on any atom is -0.367 e. The molecule has 0 bridgehead atoms. The van der Waals surface area contributed by atoms with Gasteiger partial charge in [-0.1, -0.05) is 43.3 Å². The zero-order chi connectivity index (χ0) is 17.7. The molecule has 2 rings (SSSR count). The van der Waals surface area contributed by atoms with Gasteiger partial charge in [0.25, 0.3) is 5.91 Å². The van der Waals surface area contributed by atoms with Gasteiger partial charge in [0.1, 0.15) is 0 Å². The van der Waals surface area contributed by atoms with E-state index in [2.05, 4.69) is 5.32 Å². The Hall–Kier alpha value is -2.22. The molecule has 24 heavy (non-hydrogen) atoms. The number of primary sulfonamides is 1. The topological polar surface area (TPSA) is 98.5 Å². The van der Waals surface area contributed by atoms with Crippen LogP contribution in [0.5, 0.6) is 0 Å². The standard InChI is InChI=1S/C17H20N2O4S/c1-3-12-9-10-14(11-15(12)24(18,21)22)19-17(20)16(23-2)13-7-5-4-6-8-13/h4-11,16H,3H2,1-2H3,(H,19,20)(H2,18,21,22). The molecule has 0 saturated carbocycles. The fourth-order valence-corrected chi connectivity index (χ4v) is 3.29. The zero-order valence-electron chi connectivity index (χ0n) is 13.5. The molecule has 0 saturated heterocycles. The molecule has 0 aliphatic rings. The summed E-state index contributed by atoms with van der Waals surface area (Å²) in [7, 11) is -2.43. The van der Waals surface area contributed by atoms with Gasteiger partial charge in [-0.3, -0.25) is 4.79 Å². The highest BCUT2D eigenvalue weighted by Gasteiger charge is 2.21. The fourth-order valence-electron chi connectivity index (χ4n) is 2.42. The van der Waals surface area contributed by atoms with Crippen molar-refractivity contribution in [2.75, 3.05) is 12.4 Å². The number of sulfonamides is 1. The van der Waals surface area contributed by atoms with Crippen molar-refractivity contribution in [1.29, 1.82) is 0 Å². The van der Waals surface area contributed by atoms with Crippen LogP contribution in [0.15, 0.2) is 53.4 Å². The van der Waals surface area contributed by atoms with E-state index in [1.165, 1.54) is 13.2 Å². The van der Waals surface area contributed by atoms with E-state index in [0.717, 1.165) is 0 Å². The lowest BCUT2D eigenvalue weighted by molar-refractivity contribution is -0.126. The molecule has 0 aromatic heterocycles. The number of hydrogen-bond acceptors (Lipinski definition) is 4. The molecule has 3 N–H and O–H groups in total. The molecular weight excluding hydrogens is 328 g/mol. The Kier molecular flexibility index (Phi) is 5.71. The van der Waals surface area contributed by atoms with Crippen LogP contribution in [0.25, 0.3) is 0 Å². The minimum absolute atomic E-state index is 0.0106. The van der Waals surface area contributed by atoms with Gasteiger partial charge in [0, 0.05) is 12.8 Å². The monoisotopic (exact) mass is 348 g/mol. The average molecular weight is 348 g/mol. The number of rotatable bonds is 6. The van der Waals surface area contributed by atoms with E-state index < -0.39 is 22.0 Å². The second kappa shape index (κ2) is 7.57. The highest BCUT2D eigenvalue weighted by atomic mass is 32.2. The molecule has 0 radical (unpaired) electrons. The summed E-state index contributed by atoms with van der Waals surface area (Å²) in [6.07, 6.45) is -0.278. The second-order valence-corrected chi connectivity index (χ2v) is 6.77. The number of nitrogens with one attached hydrogen (secondary N) is 1. The lowest BCUT2D eigenvalue weighted by atomic mass is 10.1. The normalized spacial score (nSPS) is 12.6. The van der Waals surface area contributed by atoms with E-state index in [9.17, 15) is 13.2 Å². The zero-order valence-corrected chi connectivity index (χ0v) is 14.3. The van der Waals surface area contributed by atoms with Crippen LogP contribution in [0.4, 0.5) is 5.69 Å². The Bertz CT molecular complexity index is 820. The number of aryl methyl sites for hydroxylation is 1. The Morgan fingerprint density at radius 2 is 1.88 bits per heavy atom. The Morgan fingerprint density at radius 1 is 1.21 bits per heavy atom. The molecule has 2 aromatic carbocycles. The molecule has 1 atom stereocenters. The number of methoxy groups -OCH3 is 1. The van der Waals surface area contributed by atoms with Gasteiger partial charge in [-0.05, 0) is 29.7 Å². The SMILES string of the molecule is CCc1ccc(NC(=O)C(OC)c2ccccc2)cc1S(N)(=O)=O. The van der Waals surface area contributed by atoms with Crippen LogP contribution < -0.4 is 10.5 Å². The molecular formula is C17H20N2O4S. The summed E-state index contributed by atoms with van der Waals surface area (Å²) in [5.74, 6) is -0.395. The smallest absolute Gasteiger partial charge is 0.258 e. The number of hydrogen-bond donors (Lipinski definition) is 2. The van der Waals surface area contributed by atoms with Crippen molar-refractivity contribution >= 4 is 21.6 Å². The van der Waals surface area contributed by atoms with Crippen molar-refractivity contribution in [2.45, 2.75) is 24.3 Å². The number of amides is 1.